The van der Waals surface area contributed by atoms with Crippen molar-refractivity contribution in [1.82, 2.24) is 0 Å². The predicted octanol–water partition coefficient (Wildman–Crippen LogP) is 6.54. The summed E-state index contributed by atoms with van der Waals surface area (Å²) < 4.78 is 33.8. The molecule has 4 unspecified atom stereocenters. The number of benzene rings is 3. The SMILES string of the molecule is CC(C)(C1=CCC(OCC2CO2)C=C1)c1ccc(C(C)(c2ccc(OCC3CO3)cc2)c2ccc(OCC3CO3)cc2)cc1. The molecule has 3 aromatic rings. The Kier molecular flexibility index (Phi) is 8.10. The minimum absolute atomic E-state index is 0.125. The lowest BCUT2D eigenvalue weighted by Gasteiger charge is -2.34. The molecule has 7 rings (SSSR count). The summed E-state index contributed by atoms with van der Waals surface area (Å²) in [7, 11) is 0. The monoisotopic (exact) mass is 594 g/mol. The zero-order valence-electron chi connectivity index (χ0n) is 25.9. The fourth-order valence-electron chi connectivity index (χ4n) is 5.95. The third kappa shape index (κ3) is 6.64. The normalized spacial score (nSPS) is 25.1. The van der Waals surface area contributed by atoms with Crippen molar-refractivity contribution in [3.63, 3.8) is 0 Å². The Morgan fingerprint density at radius 3 is 1.48 bits per heavy atom. The Morgan fingerprint density at radius 1 is 0.614 bits per heavy atom. The number of hydrogen-bond acceptors (Lipinski definition) is 6. The summed E-state index contributed by atoms with van der Waals surface area (Å²) in [6, 6.07) is 26.1. The molecule has 230 valence electrons. The minimum Gasteiger partial charge on any atom is -0.491 e. The summed E-state index contributed by atoms with van der Waals surface area (Å²) in [4.78, 5) is 0. The molecule has 1 aliphatic carbocycles. The van der Waals surface area contributed by atoms with Crippen molar-refractivity contribution in [2.45, 2.75) is 62.4 Å². The van der Waals surface area contributed by atoms with E-state index in [0.29, 0.717) is 19.8 Å². The van der Waals surface area contributed by atoms with Crippen LogP contribution in [0.4, 0.5) is 0 Å². The number of hydrogen-bond donors (Lipinski definition) is 0. The summed E-state index contributed by atoms with van der Waals surface area (Å²) in [5.74, 6) is 1.72. The van der Waals surface area contributed by atoms with E-state index in [4.69, 9.17) is 28.4 Å². The molecule has 4 aliphatic rings. The van der Waals surface area contributed by atoms with Crippen LogP contribution in [0.1, 0.15) is 49.4 Å². The highest BCUT2D eigenvalue weighted by Crippen LogP contribution is 2.42. The lowest BCUT2D eigenvalue weighted by molar-refractivity contribution is 0.0728. The average Bonchev–Trinajstić information content (AvgIpc) is 3.91. The molecular weight excluding hydrogens is 552 g/mol. The van der Waals surface area contributed by atoms with E-state index in [-0.39, 0.29) is 29.8 Å². The first kappa shape index (κ1) is 29.3. The van der Waals surface area contributed by atoms with Gasteiger partial charge in [-0.15, -0.1) is 0 Å². The van der Waals surface area contributed by atoms with Crippen molar-refractivity contribution < 1.29 is 28.4 Å². The third-order valence-corrected chi connectivity index (χ3v) is 9.40. The molecule has 6 heteroatoms. The maximum absolute atomic E-state index is 6.00. The molecule has 3 fully saturated rings. The Balaban J connectivity index is 1.13. The molecule has 3 saturated heterocycles. The number of ether oxygens (including phenoxy) is 6. The molecule has 0 saturated carbocycles. The van der Waals surface area contributed by atoms with Crippen LogP contribution in [-0.4, -0.2) is 64.1 Å². The van der Waals surface area contributed by atoms with Gasteiger partial charge in [-0.1, -0.05) is 80.6 Å². The second-order valence-electron chi connectivity index (χ2n) is 13.0. The summed E-state index contributed by atoms with van der Waals surface area (Å²) in [6.07, 6.45) is 8.52. The number of epoxide rings is 3. The van der Waals surface area contributed by atoms with E-state index in [1.54, 1.807) is 0 Å². The van der Waals surface area contributed by atoms with E-state index in [2.05, 4.69) is 112 Å². The molecule has 0 N–H and O–H groups in total. The van der Waals surface area contributed by atoms with E-state index in [0.717, 1.165) is 37.7 Å². The Bertz CT molecular complexity index is 1420. The molecule has 44 heavy (non-hydrogen) atoms. The van der Waals surface area contributed by atoms with Gasteiger partial charge in [-0.2, -0.15) is 0 Å². The molecule has 3 heterocycles. The topological polar surface area (TPSA) is 65.3 Å². The second kappa shape index (κ2) is 12.2. The van der Waals surface area contributed by atoms with Crippen molar-refractivity contribution in [1.29, 1.82) is 0 Å². The number of rotatable bonds is 14. The van der Waals surface area contributed by atoms with Gasteiger partial charge in [0.05, 0.1) is 32.5 Å². The van der Waals surface area contributed by atoms with Gasteiger partial charge in [0.2, 0.25) is 0 Å². The molecule has 0 amide bonds. The van der Waals surface area contributed by atoms with Crippen LogP contribution in [0.3, 0.4) is 0 Å². The minimum atomic E-state index is -0.390. The lowest BCUT2D eigenvalue weighted by Crippen LogP contribution is -2.26. The van der Waals surface area contributed by atoms with Gasteiger partial charge in [0.15, 0.2) is 0 Å². The van der Waals surface area contributed by atoms with Crippen molar-refractivity contribution in [2.24, 2.45) is 0 Å². The van der Waals surface area contributed by atoms with Gasteiger partial charge in [0, 0.05) is 10.8 Å². The van der Waals surface area contributed by atoms with Gasteiger partial charge in [-0.25, -0.2) is 0 Å². The molecule has 0 radical (unpaired) electrons. The summed E-state index contributed by atoms with van der Waals surface area (Å²) in [5, 5.41) is 0. The number of allylic oxidation sites excluding steroid dienone is 2. The van der Waals surface area contributed by atoms with Crippen molar-refractivity contribution in [3.05, 3.63) is 119 Å². The van der Waals surface area contributed by atoms with Gasteiger partial charge in [0.25, 0.3) is 0 Å². The lowest BCUT2D eigenvalue weighted by atomic mass is 9.69. The third-order valence-electron chi connectivity index (χ3n) is 9.40. The van der Waals surface area contributed by atoms with E-state index >= 15 is 0 Å². The first-order chi connectivity index (χ1) is 21.4. The smallest absolute Gasteiger partial charge is 0.119 e. The Labute approximate surface area is 260 Å². The standard InChI is InChI=1S/C38H42O6/c1-37(2,27-8-14-31(15-9-27)39-20-34-23-42-34)26-4-6-28(7-5-26)38(3,29-10-16-32(17-11-29)40-21-35-24-43-35)30-12-18-33(19-13-30)41-22-36-25-44-36/h4-14,16-19,31,34-36H,15,20-25H2,1-3H3. The van der Waals surface area contributed by atoms with Crippen molar-refractivity contribution in [2.75, 3.05) is 39.6 Å². The molecule has 6 nitrogen and oxygen atoms in total. The van der Waals surface area contributed by atoms with E-state index in [9.17, 15) is 0 Å². The van der Waals surface area contributed by atoms with Crippen molar-refractivity contribution >= 4 is 0 Å². The van der Waals surface area contributed by atoms with Crippen LogP contribution in [0.5, 0.6) is 11.5 Å². The van der Waals surface area contributed by atoms with Crippen molar-refractivity contribution in [3.8, 4) is 11.5 Å². The molecular formula is C38H42O6. The van der Waals surface area contributed by atoms with E-state index in [1.165, 1.54) is 27.8 Å². The van der Waals surface area contributed by atoms with Crippen LogP contribution < -0.4 is 9.47 Å². The van der Waals surface area contributed by atoms with Crippen LogP contribution in [-0.2, 0) is 29.8 Å². The summed E-state index contributed by atoms with van der Waals surface area (Å²) >= 11 is 0. The largest absolute Gasteiger partial charge is 0.491 e. The maximum atomic E-state index is 6.00. The van der Waals surface area contributed by atoms with Gasteiger partial charge >= 0.3 is 0 Å². The van der Waals surface area contributed by atoms with Crippen LogP contribution in [0.2, 0.25) is 0 Å². The highest BCUT2D eigenvalue weighted by molar-refractivity contribution is 5.53. The molecule has 0 bridgehead atoms. The first-order valence-electron chi connectivity index (χ1n) is 15.8. The summed E-state index contributed by atoms with van der Waals surface area (Å²) in [6.45, 7) is 11.2. The molecule has 0 aromatic heterocycles. The predicted molar refractivity (Wildman–Crippen MR) is 170 cm³/mol. The van der Waals surface area contributed by atoms with Crippen LogP contribution >= 0.6 is 0 Å². The maximum Gasteiger partial charge on any atom is 0.119 e. The quantitative estimate of drug-likeness (QED) is 0.156. The van der Waals surface area contributed by atoms with Crippen LogP contribution in [0.15, 0.2) is 96.6 Å². The molecule has 3 aliphatic heterocycles. The van der Waals surface area contributed by atoms with Gasteiger partial charge in [0.1, 0.15) is 43.0 Å². The zero-order valence-corrected chi connectivity index (χ0v) is 25.9. The molecule has 3 aromatic carbocycles. The highest BCUT2D eigenvalue weighted by atomic mass is 16.6. The second-order valence-corrected chi connectivity index (χ2v) is 13.0. The zero-order chi connectivity index (χ0) is 30.1. The average molecular weight is 595 g/mol. The fourth-order valence-corrected chi connectivity index (χ4v) is 5.95. The summed E-state index contributed by atoms with van der Waals surface area (Å²) in [5.41, 5.74) is 5.68. The van der Waals surface area contributed by atoms with Gasteiger partial charge < -0.3 is 28.4 Å². The van der Waals surface area contributed by atoms with E-state index < -0.39 is 5.41 Å². The highest BCUT2D eigenvalue weighted by Gasteiger charge is 2.33. The van der Waals surface area contributed by atoms with Crippen LogP contribution in [0.25, 0.3) is 0 Å². The first-order valence-corrected chi connectivity index (χ1v) is 15.8. The van der Waals surface area contributed by atoms with Gasteiger partial charge in [-0.3, -0.25) is 0 Å². The molecule has 4 atom stereocenters. The Morgan fingerprint density at radius 2 is 1.05 bits per heavy atom. The van der Waals surface area contributed by atoms with E-state index in [1.807, 2.05) is 0 Å². The Hall–Kier alpha value is -3.42. The molecule has 0 spiro atoms. The van der Waals surface area contributed by atoms with Gasteiger partial charge in [-0.05, 0) is 65.4 Å². The fraction of sp³-hybridized carbons (Fsp3) is 0.421. The van der Waals surface area contributed by atoms with Crippen LogP contribution in [0, 0.1) is 0 Å².